The van der Waals surface area contributed by atoms with Gasteiger partial charge in [-0.2, -0.15) is 0 Å². The molecule has 0 aliphatic heterocycles. The number of hydrogen-bond donors (Lipinski definition) is 1. The second-order valence-corrected chi connectivity index (χ2v) is 5.85. The molecule has 0 spiro atoms. The van der Waals surface area contributed by atoms with Crippen LogP contribution >= 0.6 is 23.3 Å². The first-order chi connectivity index (χ1) is 5.95. The minimum Gasteiger partial charge on any atom is -0.496 e. The Morgan fingerprint density at radius 2 is 2.15 bits per heavy atom. The van der Waals surface area contributed by atoms with Gasteiger partial charge >= 0.3 is 0 Å². The molecule has 0 aliphatic carbocycles. The van der Waals surface area contributed by atoms with Crippen molar-refractivity contribution in [2.75, 3.05) is 13.8 Å². The Morgan fingerprint density at radius 1 is 1.54 bits per heavy atom. The Labute approximate surface area is 85.3 Å². The van der Waals surface area contributed by atoms with Crippen LogP contribution in [0.4, 0.5) is 0 Å². The summed E-state index contributed by atoms with van der Waals surface area (Å²) in [6, 6.07) is 5.02. The van der Waals surface area contributed by atoms with E-state index in [4.69, 9.17) is 4.74 Å². The molecule has 1 rings (SSSR count). The van der Waals surface area contributed by atoms with Gasteiger partial charge in [-0.3, -0.25) is 4.57 Å². The normalized spacial score (nSPS) is 15.1. The van der Waals surface area contributed by atoms with E-state index in [9.17, 15) is 9.46 Å². The van der Waals surface area contributed by atoms with Crippen LogP contribution < -0.4 is 10.0 Å². The molecule has 72 valence electrons. The van der Waals surface area contributed by atoms with Crippen LogP contribution in [0.15, 0.2) is 22.7 Å². The van der Waals surface area contributed by atoms with Crippen molar-refractivity contribution in [2.45, 2.75) is 0 Å². The lowest BCUT2D eigenvalue weighted by Gasteiger charge is -2.10. The van der Waals surface area contributed by atoms with Gasteiger partial charge in [0.05, 0.1) is 12.4 Å². The molecule has 1 unspecified atom stereocenters. The fourth-order valence-corrected chi connectivity index (χ4v) is 2.48. The van der Waals surface area contributed by atoms with Gasteiger partial charge < -0.3 is 9.63 Å². The van der Waals surface area contributed by atoms with Crippen molar-refractivity contribution >= 4 is 28.6 Å². The fraction of sp³-hybridized carbons (Fsp3) is 0.250. The monoisotopic (exact) mass is 264 g/mol. The standard InChI is InChI=1S/C8H10BrO3P/c1-12-7-4-3-6(9)5-8(7)13(2,10)11/h3-5H,1-2H3,(H,10,11). The number of hydrogen-bond acceptors (Lipinski definition) is 2. The van der Waals surface area contributed by atoms with Crippen molar-refractivity contribution in [3.05, 3.63) is 22.7 Å². The first-order valence-corrected chi connectivity index (χ1v) is 6.49. The molecule has 1 atom stereocenters. The van der Waals surface area contributed by atoms with E-state index in [1.807, 2.05) is 0 Å². The average Bonchev–Trinajstić information content (AvgIpc) is 2.03. The molecule has 0 aliphatic rings. The summed E-state index contributed by atoms with van der Waals surface area (Å²) >= 11 is 3.23. The van der Waals surface area contributed by atoms with Crippen molar-refractivity contribution < 1.29 is 14.2 Å². The van der Waals surface area contributed by atoms with Crippen LogP contribution in [0, 0.1) is 0 Å². The highest BCUT2D eigenvalue weighted by molar-refractivity contribution is 9.10. The molecular weight excluding hydrogens is 255 g/mol. The molecule has 0 amide bonds. The van der Waals surface area contributed by atoms with Gasteiger partial charge in [0, 0.05) is 11.1 Å². The molecule has 0 aromatic heterocycles. The SMILES string of the molecule is COc1ccc(Br)cc1P(C)(=O)O. The maximum Gasteiger partial charge on any atom is 0.230 e. The Kier molecular flexibility index (Phi) is 3.17. The molecule has 13 heavy (non-hydrogen) atoms. The zero-order valence-corrected chi connectivity index (χ0v) is 9.80. The highest BCUT2D eigenvalue weighted by atomic mass is 79.9. The van der Waals surface area contributed by atoms with Crippen molar-refractivity contribution in [2.24, 2.45) is 0 Å². The summed E-state index contributed by atoms with van der Waals surface area (Å²) < 4.78 is 17.1. The molecule has 1 aromatic rings. The molecule has 0 saturated carbocycles. The molecule has 1 aromatic carbocycles. The Morgan fingerprint density at radius 3 is 2.62 bits per heavy atom. The number of benzene rings is 1. The van der Waals surface area contributed by atoms with Crippen LogP contribution in [0.25, 0.3) is 0 Å². The largest absolute Gasteiger partial charge is 0.496 e. The van der Waals surface area contributed by atoms with Gasteiger partial charge in [0.15, 0.2) is 0 Å². The lowest BCUT2D eigenvalue weighted by atomic mass is 10.3. The van der Waals surface area contributed by atoms with E-state index in [0.717, 1.165) is 4.47 Å². The lowest BCUT2D eigenvalue weighted by Crippen LogP contribution is -2.07. The number of halogens is 1. The van der Waals surface area contributed by atoms with Crippen LogP contribution in [-0.4, -0.2) is 18.7 Å². The topological polar surface area (TPSA) is 46.5 Å². The maximum absolute atomic E-state index is 11.4. The van der Waals surface area contributed by atoms with Gasteiger partial charge in [0.1, 0.15) is 5.75 Å². The van der Waals surface area contributed by atoms with E-state index in [-0.39, 0.29) is 0 Å². The summed E-state index contributed by atoms with van der Waals surface area (Å²) in [5.74, 6) is 0.441. The van der Waals surface area contributed by atoms with E-state index in [1.165, 1.54) is 13.8 Å². The predicted octanol–water partition coefficient (Wildman–Crippen LogP) is 1.98. The minimum absolute atomic E-state index is 0.337. The first kappa shape index (κ1) is 10.8. The summed E-state index contributed by atoms with van der Waals surface area (Å²) in [6.45, 7) is 1.29. The zero-order valence-electron chi connectivity index (χ0n) is 7.32. The molecule has 0 heterocycles. The summed E-state index contributed by atoms with van der Waals surface area (Å²) in [6.07, 6.45) is 0. The fourth-order valence-electron chi connectivity index (χ4n) is 0.987. The minimum atomic E-state index is -3.25. The van der Waals surface area contributed by atoms with Crippen LogP contribution in [0.1, 0.15) is 0 Å². The number of ether oxygens (including phenoxy) is 1. The highest BCUT2D eigenvalue weighted by Gasteiger charge is 2.19. The third kappa shape index (κ3) is 2.56. The van der Waals surface area contributed by atoms with Crippen molar-refractivity contribution in [1.82, 2.24) is 0 Å². The molecule has 0 bridgehead atoms. The van der Waals surface area contributed by atoms with Gasteiger partial charge in [-0.1, -0.05) is 15.9 Å². The van der Waals surface area contributed by atoms with Crippen molar-refractivity contribution in [1.29, 1.82) is 0 Å². The summed E-state index contributed by atoms with van der Waals surface area (Å²) in [4.78, 5) is 9.38. The third-order valence-electron chi connectivity index (χ3n) is 1.59. The Bertz CT molecular complexity index is 358. The Hall–Kier alpha value is -0.310. The summed E-state index contributed by atoms with van der Waals surface area (Å²) in [7, 11) is -1.78. The quantitative estimate of drug-likeness (QED) is 0.832. The van der Waals surface area contributed by atoms with Gasteiger partial charge in [0.2, 0.25) is 7.37 Å². The maximum atomic E-state index is 11.4. The van der Waals surface area contributed by atoms with Gasteiger partial charge in [0.25, 0.3) is 0 Å². The second-order valence-electron chi connectivity index (χ2n) is 2.70. The smallest absolute Gasteiger partial charge is 0.230 e. The predicted molar refractivity (Wildman–Crippen MR) is 56.1 cm³/mol. The van der Waals surface area contributed by atoms with Crippen LogP contribution in [0.5, 0.6) is 5.75 Å². The van der Waals surface area contributed by atoms with Crippen molar-refractivity contribution in [3.63, 3.8) is 0 Å². The zero-order chi connectivity index (χ0) is 10.1. The second kappa shape index (κ2) is 3.82. The third-order valence-corrected chi connectivity index (χ3v) is 3.32. The Balaban J connectivity index is 3.33. The lowest BCUT2D eigenvalue weighted by molar-refractivity contribution is 0.416. The van der Waals surface area contributed by atoms with E-state index in [0.29, 0.717) is 11.1 Å². The van der Waals surface area contributed by atoms with Gasteiger partial charge in [-0.25, -0.2) is 0 Å². The van der Waals surface area contributed by atoms with Gasteiger partial charge in [-0.15, -0.1) is 0 Å². The highest BCUT2D eigenvalue weighted by Crippen LogP contribution is 2.38. The molecule has 1 N–H and O–H groups in total. The molecular formula is C8H10BrO3P. The molecule has 5 heteroatoms. The van der Waals surface area contributed by atoms with E-state index in [2.05, 4.69) is 15.9 Å². The van der Waals surface area contributed by atoms with Crippen LogP contribution in [0.2, 0.25) is 0 Å². The molecule has 0 radical (unpaired) electrons. The van der Waals surface area contributed by atoms with E-state index >= 15 is 0 Å². The molecule has 0 saturated heterocycles. The molecule has 0 fully saturated rings. The average molecular weight is 265 g/mol. The van der Waals surface area contributed by atoms with Crippen LogP contribution in [-0.2, 0) is 4.57 Å². The molecule has 3 nitrogen and oxygen atoms in total. The van der Waals surface area contributed by atoms with E-state index in [1.54, 1.807) is 18.2 Å². The van der Waals surface area contributed by atoms with E-state index < -0.39 is 7.37 Å². The summed E-state index contributed by atoms with van der Waals surface area (Å²) in [5.41, 5.74) is 0. The van der Waals surface area contributed by atoms with Crippen LogP contribution in [0.3, 0.4) is 0 Å². The number of rotatable bonds is 2. The number of methoxy groups -OCH3 is 1. The first-order valence-electron chi connectivity index (χ1n) is 3.59. The van der Waals surface area contributed by atoms with Gasteiger partial charge in [-0.05, 0) is 18.2 Å². The summed E-state index contributed by atoms with van der Waals surface area (Å²) in [5, 5.41) is 0.337. The van der Waals surface area contributed by atoms with Crippen molar-refractivity contribution in [3.8, 4) is 5.75 Å².